The summed E-state index contributed by atoms with van der Waals surface area (Å²) in [6.45, 7) is 4.10. The molecule has 4 nitrogen and oxygen atoms in total. The Labute approximate surface area is 146 Å². The summed E-state index contributed by atoms with van der Waals surface area (Å²) in [5, 5.41) is 14.4. The minimum absolute atomic E-state index is 0.0169. The number of hydrogen-bond acceptors (Lipinski definition) is 3. The van der Waals surface area contributed by atoms with E-state index in [9.17, 15) is 9.90 Å². The van der Waals surface area contributed by atoms with Crippen molar-refractivity contribution in [2.45, 2.75) is 20.3 Å². The van der Waals surface area contributed by atoms with Crippen molar-refractivity contribution in [3.05, 3.63) is 65.9 Å². The molecule has 4 rings (SSSR count). The molecule has 4 heteroatoms. The number of hydrogen-bond donors (Lipinski definition) is 1. The van der Waals surface area contributed by atoms with Crippen LogP contribution in [-0.2, 0) is 6.42 Å². The third kappa shape index (κ3) is 2.54. The molecule has 0 saturated carbocycles. The number of aromatic nitrogens is 2. The molecule has 0 unspecified atom stereocenters. The predicted octanol–water partition coefficient (Wildman–Crippen LogP) is 4.26. The number of Topliss-reactive ketones (excluding diaryl/α,β-unsaturated/α-hetero) is 1. The average Bonchev–Trinajstić information content (AvgIpc) is 3.00. The molecule has 0 spiro atoms. The topological polar surface area (TPSA) is 55.1 Å². The molecular formula is C21H20N2O2. The van der Waals surface area contributed by atoms with E-state index < -0.39 is 0 Å². The number of fused-ring (bicyclic) bond motifs is 1. The smallest absolute Gasteiger partial charge is 0.170 e. The van der Waals surface area contributed by atoms with Gasteiger partial charge < -0.3 is 5.11 Å². The summed E-state index contributed by atoms with van der Waals surface area (Å²) in [4.78, 5) is 13.0. The van der Waals surface area contributed by atoms with Crippen LogP contribution in [0.2, 0.25) is 0 Å². The molecule has 0 aliphatic heterocycles. The summed E-state index contributed by atoms with van der Waals surface area (Å²) in [5.74, 6) is 0.624. The lowest BCUT2D eigenvalue weighted by atomic mass is 9.78. The lowest BCUT2D eigenvalue weighted by molar-refractivity contribution is 0.0877. The Morgan fingerprint density at radius 3 is 2.40 bits per heavy atom. The van der Waals surface area contributed by atoms with E-state index in [-0.39, 0.29) is 23.4 Å². The van der Waals surface area contributed by atoms with Gasteiger partial charge in [-0.2, -0.15) is 5.10 Å². The molecule has 1 aliphatic carbocycles. The van der Waals surface area contributed by atoms with Crippen molar-refractivity contribution in [2.24, 2.45) is 11.8 Å². The van der Waals surface area contributed by atoms with E-state index in [1.165, 1.54) is 0 Å². The summed E-state index contributed by atoms with van der Waals surface area (Å²) in [7, 11) is 0. The van der Waals surface area contributed by atoms with E-state index in [0.717, 1.165) is 34.6 Å². The number of phenols is 1. The number of ketones is 1. The summed E-state index contributed by atoms with van der Waals surface area (Å²) in [6.07, 6.45) is 0.799. The Kier molecular flexibility index (Phi) is 3.68. The Morgan fingerprint density at radius 1 is 1.04 bits per heavy atom. The van der Waals surface area contributed by atoms with Gasteiger partial charge in [0.15, 0.2) is 5.78 Å². The van der Waals surface area contributed by atoms with Crippen LogP contribution in [0.15, 0.2) is 54.6 Å². The lowest BCUT2D eigenvalue weighted by Gasteiger charge is -2.24. The van der Waals surface area contributed by atoms with Gasteiger partial charge in [0.25, 0.3) is 0 Å². The van der Waals surface area contributed by atoms with Crippen LogP contribution >= 0.6 is 0 Å². The van der Waals surface area contributed by atoms with Crippen LogP contribution in [0.5, 0.6) is 5.75 Å². The van der Waals surface area contributed by atoms with E-state index in [2.05, 4.69) is 6.92 Å². The number of carbonyl (C=O) groups excluding carboxylic acids is 1. The number of phenolic OH excluding ortho intramolecular Hbond substituents is 1. The Hall–Kier alpha value is -2.88. The maximum absolute atomic E-state index is 13.0. The fourth-order valence-electron chi connectivity index (χ4n) is 3.47. The molecule has 0 bridgehead atoms. The maximum Gasteiger partial charge on any atom is 0.170 e. The van der Waals surface area contributed by atoms with Crippen LogP contribution in [0.25, 0.3) is 16.9 Å². The molecule has 1 aromatic heterocycles. The Balaban J connectivity index is 2.00. The van der Waals surface area contributed by atoms with Crippen LogP contribution in [0.3, 0.4) is 0 Å². The van der Waals surface area contributed by atoms with Gasteiger partial charge in [-0.25, -0.2) is 4.68 Å². The molecular weight excluding hydrogens is 312 g/mol. The zero-order chi connectivity index (χ0) is 17.6. The van der Waals surface area contributed by atoms with Crippen LogP contribution < -0.4 is 0 Å². The van der Waals surface area contributed by atoms with Crippen molar-refractivity contribution in [2.75, 3.05) is 0 Å². The SMILES string of the molecule is C[C@@H]1Cc2nn(-c3ccccc3)c(-c3ccc(O)cc3)c2C(=O)[C@H]1C. The van der Waals surface area contributed by atoms with Gasteiger partial charge in [0.1, 0.15) is 5.75 Å². The third-order valence-corrected chi connectivity index (χ3v) is 5.13. The fraction of sp³-hybridized carbons (Fsp3) is 0.238. The summed E-state index contributed by atoms with van der Waals surface area (Å²) in [6, 6.07) is 16.8. The van der Waals surface area contributed by atoms with Crippen LogP contribution in [-0.4, -0.2) is 20.7 Å². The largest absolute Gasteiger partial charge is 0.508 e. The molecule has 0 radical (unpaired) electrons. The summed E-state index contributed by atoms with van der Waals surface area (Å²) in [5.41, 5.74) is 4.20. The Bertz CT molecular complexity index is 927. The van der Waals surface area contributed by atoms with Crippen molar-refractivity contribution in [1.29, 1.82) is 0 Å². The van der Waals surface area contributed by atoms with Gasteiger partial charge in [-0.15, -0.1) is 0 Å². The first kappa shape index (κ1) is 15.6. The molecule has 25 heavy (non-hydrogen) atoms. The minimum Gasteiger partial charge on any atom is -0.508 e. The monoisotopic (exact) mass is 332 g/mol. The van der Waals surface area contributed by atoms with E-state index in [4.69, 9.17) is 5.10 Å². The second kappa shape index (κ2) is 5.88. The van der Waals surface area contributed by atoms with Gasteiger partial charge in [0.05, 0.1) is 22.6 Å². The second-order valence-corrected chi connectivity index (χ2v) is 6.80. The molecule has 1 aliphatic rings. The quantitative estimate of drug-likeness (QED) is 0.763. The molecule has 3 aromatic rings. The summed E-state index contributed by atoms with van der Waals surface area (Å²) >= 11 is 0. The van der Waals surface area contributed by atoms with Crippen LogP contribution in [0.1, 0.15) is 29.9 Å². The minimum atomic E-state index is -0.0169. The fourth-order valence-corrected chi connectivity index (χ4v) is 3.47. The van der Waals surface area contributed by atoms with Crippen LogP contribution in [0, 0.1) is 11.8 Å². The highest BCUT2D eigenvalue weighted by molar-refractivity contribution is 6.05. The number of rotatable bonds is 2. The lowest BCUT2D eigenvalue weighted by Crippen LogP contribution is -2.27. The van der Waals surface area contributed by atoms with E-state index in [1.54, 1.807) is 12.1 Å². The number of aromatic hydroxyl groups is 1. The zero-order valence-corrected chi connectivity index (χ0v) is 14.3. The number of para-hydroxylation sites is 1. The predicted molar refractivity (Wildman–Crippen MR) is 97.0 cm³/mol. The van der Waals surface area contributed by atoms with Crippen molar-refractivity contribution in [1.82, 2.24) is 9.78 Å². The normalized spacial score (nSPS) is 19.7. The molecule has 0 saturated heterocycles. The first-order valence-corrected chi connectivity index (χ1v) is 8.57. The van der Waals surface area contributed by atoms with E-state index in [1.807, 2.05) is 54.1 Å². The zero-order valence-electron chi connectivity index (χ0n) is 14.3. The number of benzene rings is 2. The van der Waals surface area contributed by atoms with Gasteiger partial charge in [-0.05, 0) is 48.7 Å². The van der Waals surface area contributed by atoms with Crippen molar-refractivity contribution in [3.8, 4) is 22.7 Å². The highest BCUT2D eigenvalue weighted by atomic mass is 16.3. The second-order valence-electron chi connectivity index (χ2n) is 6.80. The van der Waals surface area contributed by atoms with Crippen molar-refractivity contribution >= 4 is 5.78 Å². The molecule has 0 fully saturated rings. The van der Waals surface area contributed by atoms with Gasteiger partial charge >= 0.3 is 0 Å². The number of carbonyl (C=O) groups is 1. The number of nitrogens with zero attached hydrogens (tertiary/aromatic N) is 2. The highest BCUT2D eigenvalue weighted by Gasteiger charge is 2.36. The molecule has 0 amide bonds. The standard InChI is InChI=1S/C21H20N2O2/c1-13-12-18-19(21(25)14(13)2)20(15-8-10-17(24)11-9-15)23(22-18)16-6-4-3-5-7-16/h3-11,13-14,24H,12H2,1-2H3/t13-,14+/m1/s1. The van der Waals surface area contributed by atoms with Gasteiger partial charge in [0, 0.05) is 11.5 Å². The molecule has 1 heterocycles. The van der Waals surface area contributed by atoms with Gasteiger partial charge in [0.2, 0.25) is 0 Å². The summed E-state index contributed by atoms with van der Waals surface area (Å²) < 4.78 is 1.86. The van der Waals surface area contributed by atoms with Crippen LogP contribution in [0.4, 0.5) is 0 Å². The third-order valence-electron chi connectivity index (χ3n) is 5.13. The van der Waals surface area contributed by atoms with Crippen molar-refractivity contribution < 1.29 is 9.90 Å². The molecule has 2 aromatic carbocycles. The first-order valence-electron chi connectivity index (χ1n) is 8.57. The average molecular weight is 332 g/mol. The Morgan fingerprint density at radius 2 is 1.72 bits per heavy atom. The molecule has 126 valence electrons. The highest BCUT2D eigenvalue weighted by Crippen LogP contribution is 2.37. The van der Waals surface area contributed by atoms with E-state index >= 15 is 0 Å². The molecule has 1 N–H and O–H groups in total. The first-order chi connectivity index (χ1) is 12.1. The van der Waals surface area contributed by atoms with E-state index in [0.29, 0.717) is 0 Å². The van der Waals surface area contributed by atoms with Crippen molar-refractivity contribution in [3.63, 3.8) is 0 Å². The van der Waals surface area contributed by atoms with Gasteiger partial charge in [-0.1, -0.05) is 32.0 Å². The molecule has 2 atom stereocenters. The maximum atomic E-state index is 13.0. The van der Waals surface area contributed by atoms with Gasteiger partial charge in [-0.3, -0.25) is 4.79 Å².